The predicted octanol–water partition coefficient (Wildman–Crippen LogP) is 3.37. The maximum absolute atomic E-state index is 11.5. The molecule has 1 aliphatic heterocycles. The molecule has 0 bridgehead atoms. The van der Waals surface area contributed by atoms with Crippen LogP contribution in [-0.2, 0) is 11.2 Å². The van der Waals surface area contributed by atoms with Gasteiger partial charge in [-0.25, -0.2) is 0 Å². The Labute approximate surface area is 125 Å². The van der Waals surface area contributed by atoms with E-state index in [-0.39, 0.29) is 11.9 Å². The number of furan rings is 1. The molecular weight excluding hydrogens is 320 g/mol. The van der Waals surface area contributed by atoms with Gasteiger partial charge in [-0.2, -0.15) is 0 Å². The monoisotopic (exact) mass is 334 g/mol. The summed E-state index contributed by atoms with van der Waals surface area (Å²) in [5, 5.41) is 2.93. The number of nitrogens with two attached hydrogens (primary N) is 1. The molecule has 0 radical (unpaired) electrons. The number of nitrogens with one attached hydrogen (secondary N) is 1. The lowest BCUT2D eigenvalue weighted by Gasteiger charge is -2.14. The fraction of sp³-hybridized carbons (Fsp3) is 0.267. The highest BCUT2D eigenvalue weighted by Crippen LogP contribution is 2.31. The van der Waals surface area contributed by atoms with E-state index in [4.69, 9.17) is 10.2 Å². The van der Waals surface area contributed by atoms with E-state index in [1.54, 1.807) is 6.26 Å². The Bertz CT molecular complexity index is 651. The normalized spacial score (nSPS) is 16.2. The average molecular weight is 335 g/mol. The van der Waals surface area contributed by atoms with Crippen molar-refractivity contribution in [3.8, 4) is 0 Å². The van der Waals surface area contributed by atoms with Crippen LogP contribution < -0.4 is 11.1 Å². The summed E-state index contributed by atoms with van der Waals surface area (Å²) in [6, 6.07) is 7.58. The molecule has 0 aliphatic carbocycles. The Balaban J connectivity index is 1.94. The lowest BCUT2D eigenvalue weighted by molar-refractivity contribution is -0.116. The van der Waals surface area contributed by atoms with Crippen LogP contribution in [0.25, 0.3) is 0 Å². The summed E-state index contributed by atoms with van der Waals surface area (Å²) in [5.74, 6) is 0.0818. The number of anilines is 1. The number of carbonyl (C=O) groups excluding carboxylic acids is 1. The van der Waals surface area contributed by atoms with Crippen LogP contribution in [0.1, 0.15) is 35.6 Å². The van der Waals surface area contributed by atoms with E-state index in [2.05, 4.69) is 27.3 Å². The van der Waals surface area contributed by atoms with Gasteiger partial charge in [0.15, 0.2) is 4.67 Å². The standard InChI is InChI=1S/C15H15BrN2O2/c16-15-11(6-7-20-15)14(17)10-4-5-12-9(8-10)2-1-3-13(19)18-12/h4-8,14H,1-3,17H2,(H,18,19). The first-order chi connectivity index (χ1) is 9.65. The zero-order valence-electron chi connectivity index (χ0n) is 10.9. The van der Waals surface area contributed by atoms with Crippen molar-refractivity contribution in [1.82, 2.24) is 0 Å². The summed E-state index contributed by atoms with van der Waals surface area (Å²) < 4.78 is 5.89. The minimum atomic E-state index is -0.243. The number of carbonyl (C=O) groups is 1. The third kappa shape index (κ3) is 2.51. The second-order valence-electron chi connectivity index (χ2n) is 4.95. The predicted molar refractivity (Wildman–Crippen MR) is 80.4 cm³/mol. The Morgan fingerprint density at radius 2 is 2.15 bits per heavy atom. The molecule has 0 saturated heterocycles. The maximum atomic E-state index is 11.5. The quantitative estimate of drug-likeness (QED) is 0.884. The van der Waals surface area contributed by atoms with Gasteiger partial charge in [0.05, 0.1) is 12.3 Å². The molecule has 1 amide bonds. The highest BCUT2D eigenvalue weighted by molar-refractivity contribution is 9.10. The van der Waals surface area contributed by atoms with Crippen LogP contribution in [0, 0.1) is 0 Å². The number of benzene rings is 1. The second-order valence-corrected chi connectivity index (χ2v) is 5.67. The van der Waals surface area contributed by atoms with Crippen LogP contribution >= 0.6 is 15.9 Å². The number of aryl methyl sites for hydroxylation is 1. The molecule has 4 nitrogen and oxygen atoms in total. The molecule has 1 aliphatic rings. The van der Waals surface area contributed by atoms with Crippen LogP contribution in [0.2, 0.25) is 0 Å². The van der Waals surface area contributed by atoms with Crippen LogP contribution in [0.4, 0.5) is 5.69 Å². The smallest absolute Gasteiger partial charge is 0.224 e. The molecule has 3 rings (SSSR count). The van der Waals surface area contributed by atoms with Crippen molar-refractivity contribution in [2.24, 2.45) is 5.73 Å². The molecule has 1 atom stereocenters. The fourth-order valence-corrected chi connectivity index (χ4v) is 2.98. The Morgan fingerprint density at radius 3 is 2.90 bits per heavy atom. The maximum Gasteiger partial charge on any atom is 0.224 e. The summed E-state index contributed by atoms with van der Waals surface area (Å²) in [7, 11) is 0. The van der Waals surface area contributed by atoms with Crippen molar-refractivity contribution < 1.29 is 9.21 Å². The van der Waals surface area contributed by atoms with E-state index in [0.29, 0.717) is 11.1 Å². The van der Waals surface area contributed by atoms with Gasteiger partial charge in [0.1, 0.15) is 0 Å². The summed E-state index contributed by atoms with van der Waals surface area (Å²) >= 11 is 3.36. The molecule has 0 spiro atoms. The van der Waals surface area contributed by atoms with Gasteiger partial charge in [-0.05, 0) is 52.0 Å². The largest absolute Gasteiger partial charge is 0.457 e. The summed E-state index contributed by atoms with van der Waals surface area (Å²) in [5.41, 5.74) is 10.3. The molecule has 1 unspecified atom stereocenters. The number of hydrogen-bond donors (Lipinski definition) is 2. The third-order valence-electron chi connectivity index (χ3n) is 3.59. The minimum Gasteiger partial charge on any atom is -0.457 e. The van der Waals surface area contributed by atoms with Crippen molar-refractivity contribution in [2.45, 2.75) is 25.3 Å². The van der Waals surface area contributed by atoms with E-state index >= 15 is 0 Å². The van der Waals surface area contributed by atoms with Gasteiger partial charge in [0, 0.05) is 17.7 Å². The minimum absolute atomic E-state index is 0.0818. The highest BCUT2D eigenvalue weighted by Gasteiger charge is 2.18. The van der Waals surface area contributed by atoms with E-state index in [1.807, 2.05) is 18.2 Å². The molecular formula is C15H15BrN2O2. The SMILES string of the molecule is NC(c1ccc2c(c1)CCCC(=O)N2)c1ccoc1Br. The van der Waals surface area contributed by atoms with Crippen LogP contribution in [0.3, 0.4) is 0 Å². The molecule has 3 N–H and O–H groups in total. The summed E-state index contributed by atoms with van der Waals surface area (Å²) in [4.78, 5) is 11.5. The van der Waals surface area contributed by atoms with Crippen molar-refractivity contribution in [2.75, 3.05) is 5.32 Å². The lowest BCUT2D eigenvalue weighted by Crippen LogP contribution is -2.13. The van der Waals surface area contributed by atoms with Crippen molar-refractivity contribution in [3.05, 3.63) is 51.9 Å². The number of fused-ring (bicyclic) bond motifs is 1. The van der Waals surface area contributed by atoms with Crippen molar-refractivity contribution >= 4 is 27.5 Å². The number of halogens is 1. The molecule has 2 heterocycles. The summed E-state index contributed by atoms with van der Waals surface area (Å²) in [6.07, 6.45) is 3.94. The molecule has 2 aromatic rings. The number of hydrogen-bond acceptors (Lipinski definition) is 3. The van der Waals surface area contributed by atoms with Crippen molar-refractivity contribution in [3.63, 3.8) is 0 Å². The molecule has 0 fully saturated rings. The first-order valence-electron chi connectivity index (χ1n) is 6.56. The van der Waals surface area contributed by atoms with E-state index in [0.717, 1.165) is 35.2 Å². The topological polar surface area (TPSA) is 68.3 Å². The van der Waals surface area contributed by atoms with Gasteiger partial charge in [-0.3, -0.25) is 4.79 Å². The average Bonchev–Trinajstić information content (AvgIpc) is 2.76. The van der Waals surface area contributed by atoms with Crippen LogP contribution in [0.15, 0.2) is 39.6 Å². The zero-order chi connectivity index (χ0) is 14.1. The molecule has 1 aromatic heterocycles. The second kappa shape index (κ2) is 5.42. The summed E-state index contributed by atoms with van der Waals surface area (Å²) in [6.45, 7) is 0. The molecule has 5 heteroatoms. The first kappa shape index (κ1) is 13.4. The van der Waals surface area contributed by atoms with Gasteiger partial charge < -0.3 is 15.5 Å². The first-order valence-corrected chi connectivity index (χ1v) is 7.35. The lowest BCUT2D eigenvalue weighted by atomic mass is 9.97. The number of rotatable bonds is 2. The van der Waals surface area contributed by atoms with E-state index in [1.165, 1.54) is 0 Å². The molecule has 104 valence electrons. The number of amides is 1. The molecule has 20 heavy (non-hydrogen) atoms. The Kier molecular flexibility index (Phi) is 3.63. The van der Waals surface area contributed by atoms with E-state index in [9.17, 15) is 4.79 Å². The Morgan fingerprint density at radius 1 is 1.30 bits per heavy atom. The highest BCUT2D eigenvalue weighted by atomic mass is 79.9. The van der Waals surface area contributed by atoms with Gasteiger partial charge in [-0.1, -0.05) is 12.1 Å². The zero-order valence-corrected chi connectivity index (χ0v) is 12.4. The molecule has 1 aromatic carbocycles. The van der Waals surface area contributed by atoms with Crippen LogP contribution in [0.5, 0.6) is 0 Å². The van der Waals surface area contributed by atoms with Crippen LogP contribution in [-0.4, -0.2) is 5.91 Å². The van der Waals surface area contributed by atoms with E-state index < -0.39 is 0 Å². The van der Waals surface area contributed by atoms with Gasteiger partial charge >= 0.3 is 0 Å². The fourth-order valence-electron chi connectivity index (χ4n) is 2.49. The van der Waals surface area contributed by atoms with Gasteiger partial charge in [-0.15, -0.1) is 0 Å². The van der Waals surface area contributed by atoms with Gasteiger partial charge in [0.2, 0.25) is 5.91 Å². The Hall–Kier alpha value is -1.59. The molecule has 0 saturated carbocycles. The van der Waals surface area contributed by atoms with Gasteiger partial charge in [0.25, 0.3) is 0 Å². The van der Waals surface area contributed by atoms with Crippen molar-refractivity contribution in [1.29, 1.82) is 0 Å². The third-order valence-corrected chi connectivity index (χ3v) is 4.24.